The second-order valence-electron chi connectivity index (χ2n) is 3.43. The van der Waals surface area contributed by atoms with E-state index in [2.05, 4.69) is 0 Å². The third-order valence-electron chi connectivity index (χ3n) is 2.37. The molecule has 0 spiro atoms. The first kappa shape index (κ1) is 11.4. The lowest BCUT2D eigenvalue weighted by molar-refractivity contribution is 0.269. The molecule has 0 amide bonds. The summed E-state index contributed by atoms with van der Waals surface area (Å²) in [7, 11) is 0. The van der Waals surface area contributed by atoms with E-state index in [1.165, 1.54) is 0 Å². The molecule has 2 N–H and O–H groups in total. The lowest BCUT2D eigenvalue weighted by atomic mass is 9.98. The van der Waals surface area contributed by atoms with Crippen molar-refractivity contribution in [2.75, 3.05) is 12.9 Å². The van der Waals surface area contributed by atoms with E-state index in [0.29, 0.717) is 5.75 Å². The molecule has 0 fully saturated rings. The Morgan fingerprint density at radius 3 is 2.57 bits per heavy atom. The SMILES string of the molecule is CSc1ccc(C)c(O)c1C(C)CO. The molecular weight excluding hydrogens is 196 g/mol. The Bertz CT molecular complexity index is 323. The fourth-order valence-corrected chi connectivity index (χ4v) is 2.17. The van der Waals surface area contributed by atoms with Gasteiger partial charge in [0.15, 0.2) is 0 Å². The van der Waals surface area contributed by atoms with Gasteiger partial charge in [-0.15, -0.1) is 11.8 Å². The number of hydrogen-bond acceptors (Lipinski definition) is 3. The largest absolute Gasteiger partial charge is 0.507 e. The minimum Gasteiger partial charge on any atom is -0.507 e. The fraction of sp³-hybridized carbons (Fsp3) is 0.455. The predicted octanol–water partition coefficient (Wildman–Crippen LogP) is 2.52. The van der Waals surface area contributed by atoms with E-state index in [4.69, 9.17) is 5.11 Å². The van der Waals surface area contributed by atoms with E-state index >= 15 is 0 Å². The topological polar surface area (TPSA) is 40.5 Å². The van der Waals surface area contributed by atoms with Crippen molar-refractivity contribution in [3.8, 4) is 5.75 Å². The summed E-state index contributed by atoms with van der Waals surface area (Å²) in [5.41, 5.74) is 1.72. The lowest BCUT2D eigenvalue weighted by Gasteiger charge is -2.16. The van der Waals surface area contributed by atoms with Crippen LogP contribution in [0.2, 0.25) is 0 Å². The second kappa shape index (κ2) is 4.71. The number of aliphatic hydroxyl groups excluding tert-OH is 1. The monoisotopic (exact) mass is 212 g/mol. The Kier molecular flexibility index (Phi) is 3.84. The number of rotatable bonds is 3. The zero-order chi connectivity index (χ0) is 10.7. The zero-order valence-electron chi connectivity index (χ0n) is 8.74. The van der Waals surface area contributed by atoms with Crippen molar-refractivity contribution in [2.24, 2.45) is 0 Å². The first-order valence-electron chi connectivity index (χ1n) is 4.59. The molecule has 0 bridgehead atoms. The molecule has 0 aliphatic carbocycles. The number of benzene rings is 1. The number of aliphatic hydroxyl groups is 1. The van der Waals surface area contributed by atoms with Crippen LogP contribution in [0.5, 0.6) is 5.75 Å². The van der Waals surface area contributed by atoms with Crippen LogP contribution in [0.25, 0.3) is 0 Å². The Balaban J connectivity index is 3.27. The molecule has 1 aromatic rings. The van der Waals surface area contributed by atoms with Crippen LogP contribution in [0.3, 0.4) is 0 Å². The van der Waals surface area contributed by atoms with Crippen LogP contribution in [0, 0.1) is 6.92 Å². The second-order valence-corrected chi connectivity index (χ2v) is 4.28. The highest BCUT2D eigenvalue weighted by Crippen LogP contribution is 2.36. The smallest absolute Gasteiger partial charge is 0.123 e. The van der Waals surface area contributed by atoms with Crippen molar-refractivity contribution >= 4 is 11.8 Å². The minimum absolute atomic E-state index is 0.0163. The minimum atomic E-state index is -0.0163. The van der Waals surface area contributed by atoms with Crippen LogP contribution in [0.4, 0.5) is 0 Å². The maximum atomic E-state index is 9.89. The van der Waals surface area contributed by atoms with Crippen LogP contribution in [-0.2, 0) is 0 Å². The van der Waals surface area contributed by atoms with E-state index in [-0.39, 0.29) is 12.5 Å². The summed E-state index contributed by atoms with van der Waals surface area (Å²) in [4.78, 5) is 1.04. The molecule has 1 unspecified atom stereocenters. The number of phenols is 1. The van der Waals surface area contributed by atoms with Crippen LogP contribution in [-0.4, -0.2) is 23.1 Å². The summed E-state index contributed by atoms with van der Waals surface area (Å²) >= 11 is 1.59. The molecule has 0 heterocycles. The van der Waals surface area contributed by atoms with Crippen LogP contribution < -0.4 is 0 Å². The summed E-state index contributed by atoms with van der Waals surface area (Å²) in [5.74, 6) is 0.302. The summed E-state index contributed by atoms with van der Waals surface area (Å²) in [5, 5.41) is 19.0. The molecule has 0 aromatic heterocycles. The van der Waals surface area contributed by atoms with Crippen molar-refractivity contribution in [3.05, 3.63) is 23.3 Å². The quantitative estimate of drug-likeness (QED) is 0.756. The van der Waals surface area contributed by atoms with Gasteiger partial charge in [-0.3, -0.25) is 0 Å². The third kappa shape index (κ3) is 2.04. The van der Waals surface area contributed by atoms with Gasteiger partial charge in [-0.25, -0.2) is 0 Å². The van der Waals surface area contributed by atoms with E-state index in [1.54, 1.807) is 11.8 Å². The van der Waals surface area contributed by atoms with E-state index in [9.17, 15) is 5.11 Å². The van der Waals surface area contributed by atoms with Crippen LogP contribution in [0.1, 0.15) is 24.0 Å². The molecule has 0 radical (unpaired) electrons. The lowest BCUT2D eigenvalue weighted by Crippen LogP contribution is -2.02. The highest BCUT2D eigenvalue weighted by Gasteiger charge is 2.15. The summed E-state index contributed by atoms with van der Waals surface area (Å²) in [6.45, 7) is 3.84. The zero-order valence-corrected chi connectivity index (χ0v) is 9.56. The van der Waals surface area contributed by atoms with Gasteiger partial charge in [0.25, 0.3) is 0 Å². The summed E-state index contributed by atoms with van der Waals surface area (Å²) in [6.07, 6.45) is 1.97. The Hall–Kier alpha value is -0.670. The van der Waals surface area contributed by atoms with Gasteiger partial charge in [0, 0.05) is 23.0 Å². The van der Waals surface area contributed by atoms with Crippen molar-refractivity contribution < 1.29 is 10.2 Å². The van der Waals surface area contributed by atoms with Gasteiger partial charge < -0.3 is 10.2 Å². The molecule has 0 saturated carbocycles. The molecule has 0 aliphatic rings. The van der Waals surface area contributed by atoms with Gasteiger partial charge in [-0.2, -0.15) is 0 Å². The average Bonchev–Trinajstić information content (AvgIpc) is 2.20. The van der Waals surface area contributed by atoms with E-state index in [0.717, 1.165) is 16.0 Å². The van der Waals surface area contributed by atoms with Crippen molar-refractivity contribution in [1.82, 2.24) is 0 Å². The van der Waals surface area contributed by atoms with Gasteiger partial charge in [-0.1, -0.05) is 13.0 Å². The van der Waals surface area contributed by atoms with Gasteiger partial charge in [0.1, 0.15) is 5.75 Å². The van der Waals surface area contributed by atoms with Crippen molar-refractivity contribution in [1.29, 1.82) is 0 Å². The standard InChI is InChI=1S/C11H16O2S/c1-7-4-5-9(14-3)10(11(7)13)8(2)6-12/h4-5,8,12-13H,6H2,1-3H3. The Labute approximate surface area is 89.0 Å². The van der Waals surface area contributed by atoms with Gasteiger partial charge in [-0.05, 0) is 24.8 Å². The van der Waals surface area contributed by atoms with Crippen molar-refractivity contribution in [2.45, 2.75) is 24.7 Å². The molecule has 0 saturated heterocycles. The van der Waals surface area contributed by atoms with Crippen molar-refractivity contribution in [3.63, 3.8) is 0 Å². The summed E-state index contributed by atoms with van der Waals surface area (Å²) in [6, 6.07) is 3.88. The molecule has 3 heteroatoms. The van der Waals surface area contributed by atoms with Gasteiger partial charge in [0.05, 0.1) is 0 Å². The first-order chi connectivity index (χ1) is 6.61. The molecule has 1 aromatic carbocycles. The highest BCUT2D eigenvalue weighted by molar-refractivity contribution is 7.98. The van der Waals surface area contributed by atoms with Crippen LogP contribution >= 0.6 is 11.8 Å². The Morgan fingerprint density at radius 2 is 2.07 bits per heavy atom. The van der Waals surface area contributed by atoms with E-state index < -0.39 is 0 Å². The number of aromatic hydroxyl groups is 1. The maximum Gasteiger partial charge on any atom is 0.123 e. The van der Waals surface area contributed by atoms with Gasteiger partial charge in [0.2, 0.25) is 0 Å². The Morgan fingerprint density at radius 1 is 1.43 bits per heavy atom. The number of phenolic OH excluding ortho intramolecular Hbond substituents is 1. The molecular formula is C11H16O2S. The third-order valence-corrected chi connectivity index (χ3v) is 3.16. The molecule has 78 valence electrons. The normalized spacial score (nSPS) is 12.9. The molecule has 14 heavy (non-hydrogen) atoms. The molecule has 1 rings (SSSR count). The summed E-state index contributed by atoms with van der Waals surface area (Å²) < 4.78 is 0. The average molecular weight is 212 g/mol. The first-order valence-corrected chi connectivity index (χ1v) is 5.81. The maximum absolute atomic E-state index is 9.89. The predicted molar refractivity (Wildman–Crippen MR) is 60.1 cm³/mol. The molecule has 1 atom stereocenters. The van der Waals surface area contributed by atoms with Gasteiger partial charge >= 0.3 is 0 Å². The molecule has 2 nitrogen and oxygen atoms in total. The molecule has 0 aliphatic heterocycles. The number of aryl methyl sites for hydroxylation is 1. The number of thioether (sulfide) groups is 1. The fourth-order valence-electron chi connectivity index (χ4n) is 1.44. The van der Waals surface area contributed by atoms with Crippen LogP contribution in [0.15, 0.2) is 17.0 Å². The van der Waals surface area contributed by atoms with E-state index in [1.807, 2.05) is 32.2 Å². The number of hydrogen-bond donors (Lipinski definition) is 2. The highest BCUT2D eigenvalue weighted by atomic mass is 32.2.